The van der Waals surface area contributed by atoms with Gasteiger partial charge in [0.05, 0.1) is 6.10 Å². The molecule has 5 heteroatoms. The van der Waals surface area contributed by atoms with Crippen molar-refractivity contribution in [2.75, 3.05) is 52.9 Å². The number of hydrogen-bond donors (Lipinski definition) is 0. The minimum atomic E-state index is 0.213. The number of nitrogens with zero attached hydrogens (tertiary/aromatic N) is 3. The number of ether oxygens (including phenoxy) is 1. The van der Waals surface area contributed by atoms with Crippen molar-refractivity contribution < 1.29 is 9.53 Å². The van der Waals surface area contributed by atoms with Crippen LogP contribution in [-0.4, -0.2) is 85.7 Å². The molecule has 0 bridgehead atoms. The molecule has 1 aromatic carbocycles. The number of piperidine rings is 2. The van der Waals surface area contributed by atoms with Crippen LogP contribution in [0.1, 0.15) is 49.7 Å². The normalized spacial score (nSPS) is 26.5. The van der Waals surface area contributed by atoms with E-state index in [1.807, 2.05) is 0 Å². The molecule has 5 nitrogen and oxygen atoms in total. The van der Waals surface area contributed by atoms with Crippen LogP contribution in [0.15, 0.2) is 24.3 Å². The number of rotatable bonds is 6. The summed E-state index contributed by atoms with van der Waals surface area (Å²) in [5.41, 5.74) is 3.09. The van der Waals surface area contributed by atoms with Gasteiger partial charge in [0.2, 0.25) is 5.91 Å². The number of benzene rings is 1. The Morgan fingerprint density at radius 3 is 2.28 bits per heavy atom. The summed E-state index contributed by atoms with van der Waals surface area (Å²) in [4.78, 5) is 20.8. The fourth-order valence-electron chi connectivity index (χ4n) is 6.41. The SMILES string of the molecule is CN1CCC(C(=O)N(CC2CCN(C3Cc4ccccc4C3)CC2)CC2CCCO2)CC1. The number of carbonyl (C=O) groups is 1. The van der Waals surface area contributed by atoms with Gasteiger partial charge in [-0.25, -0.2) is 0 Å². The maximum absolute atomic E-state index is 13.5. The van der Waals surface area contributed by atoms with Gasteiger partial charge in [0.1, 0.15) is 0 Å². The molecule has 0 aromatic heterocycles. The van der Waals surface area contributed by atoms with Crippen LogP contribution in [0.4, 0.5) is 0 Å². The molecule has 3 saturated heterocycles. The number of hydrogen-bond acceptors (Lipinski definition) is 4. The molecule has 176 valence electrons. The molecule has 0 spiro atoms. The molecule has 0 radical (unpaired) electrons. The van der Waals surface area contributed by atoms with Crippen LogP contribution >= 0.6 is 0 Å². The quantitative estimate of drug-likeness (QED) is 0.682. The third kappa shape index (κ3) is 5.21. The average molecular weight is 440 g/mol. The van der Waals surface area contributed by atoms with Gasteiger partial charge in [0.25, 0.3) is 0 Å². The predicted octanol–water partition coefficient (Wildman–Crippen LogP) is 3.22. The van der Waals surface area contributed by atoms with Crippen LogP contribution in [0.2, 0.25) is 0 Å². The first-order chi connectivity index (χ1) is 15.7. The van der Waals surface area contributed by atoms with Crippen LogP contribution in [-0.2, 0) is 22.4 Å². The number of amides is 1. The van der Waals surface area contributed by atoms with Crippen molar-refractivity contribution in [3.8, 4) is 0 Å². The van der Waals surface area contributed by atoms with E-state index in [-0.39, 0.29) is 12.0 Å². The summed E-state index contributed by atoms with van der Waals surface area (Å²) in [6.45, 7) is 7.06. The zero-order valence-corrected chi connectivity index (χ0v) is 19.9. The second-order valence-electron chi connectivity index (χ2n) is 10.8. The molecule has 0 N–H and O–H groups in total. The van der Waals surface area contributed by atoms with Gasteiger partial charge in [0, 0.05) is 31.7 Å². The first-order valence-corrected chi connectivity index (χ1v) is 13.1. The molecule has 1 atom stereocenters. The minimum absolute atomic E-state index is 0.213. The van der Waals surface area contributed by atoms with Gasteiger partial charge in [0.15, 0.2) is 0 Å². The van der Waals surface area contributed by atoms with Crippen LogP contribution in [0, 0.1) is 11.8 Å². The summed E-state index contributed by atoms with van der Waals surface area (Å²) in [6, 6.07) is 9.64. The highest BCUT2D eigenvalue weighted by molar-refractivity contribution is 5.79. The zero-order valence-electron chi connectivity index (χ0n) is 19.9. The van der Waals surface area contributed by atoms with Crippen molar-refractivity contribution >= 4 is 5.91 Å². The van der Waals surface area contributed by atoms with Crippen molar-refractivity contribution in [3.05, 3.63) is 35.4 Å². The Kier molecular flexibility index (Phi) is 7.15. The van der Waals surface area contributed by atoms with Crippen LogP contribution < -0.4 is 0 Å². The first kappa shape index (κ1) is 22.4. The standard InChI is InChI=1S/C27H41N3O2/c1-28-12-10-22(11-13-28)27(31)30(20-26-7-4-16-32-26)19-21-8-14-29(15-9-21)25-17-23-5-2-3-6-24(23)18-25/h2-3,5-6,21-22,25-26H,4,7-20H2,1H3. The summed E-state index contributed by atoms with van der Waals surface area (Å²) >= 11 is 0. The van der Waals surface area contributed by atoms with Crippen molar-refractivity contribution in [1.29, 1.82) is 0 Å². The first-order valence-electron chi connectivity index (χ1n) is 13.1. The molecule has 0 saturated carbocycles. The molecule has 1 aliphatic carbocycles. The zero-order chi connectivity index (χ0) is 21.9. The molecular weight excluding hydrogens is 398 g/mol. The smallest absolute Gasteiger partial charge is 0.225 e. The largest absolute Gasteiger partial charge is 0.376 e. The monoisotopic (exact) mass is 439 g/mol. The van der Waals surface area contributed by atoms with Gasteiger partial charge in [-0.2, -0.15) is 0 Å². The third-order valence-corrected chi connectivity index (χ3v) is 8.50. The van der Waals surface area contributed by atoms with E-state index >= 15 is 0 Å². The van der Waals surface area contributed by atoms with E-state index in [1.165, 1.54) is 38.8 Å². The molecule has 1 aromatic rings. The van der Waals surface area contributed by atoms with Gasteiger partial charge in [-0.05, 0) is 102 Å². The fraction of sp³-hybridized carbons (Fsp3) is 0.741. The van der Waals surface area contributed by atoms with E-state index in [0.29, 0.717) is 17.9 Å². The summed E-state index contributed by atoms with van der Waals surface area (Å²) in [7, 11) is 2.17. The second kappa shape index (κ2) is 10.2. The van der Waals surface area contributed by atoms with Crippen molar-refractivity contribution in [2.24, 2.45) is 11.8 Å². The molecular formula is C27H41N3O2. The predicted molar refractivity (Wildman–Crippen MR) is 128 cm³/mol. The highest BCUT2D eigenvalue weighted by Gasteiger charge is 2.34. The van der Waals surface area contributed by atoms with E-state index in [1.54, 1.807) is 11.1 Å². The molecule has 3 aliphatic heterocycles. The van der Waals surface area contributed by atoms with Gasteiger partial charge in [-0.1, -0.05) is 24.3 Å². The van der Waals surface area contributed by atoms with E-state index < -0.39 is 0 Å². The van der Waals surface area contributed by atoms with E-state index in [2.05, 4.69) is 46.0 Å². The Hall–Kier alpha value is -1.43. The molecule has 1 unspecified atom stereocenters. The Morgan fingerprint density at radius 2 is 1.66 bits per heavy atom. The highest BCUT2D eigenvalue weighted by atomic mass is 16.5. The Balaban J connectivity index is 1.15. The molecule has 3 fully saturated rings. The lowest BCUT2D eigenvalue weighted by Gasteiger charge is -2.39. The van der Waals surface area contributed by atoms with Gasteiger partial charge in [-0.15, -0.1) is 0 Å². The third-order valence-electron chi connectivity index (χ3n) is 8.50. The van der Waals surface area contributed by atoms with Crippen LogP contribution in [0.5, 0.6) is 0 Å². The molecule has 5 rings (SSSR count). The Bertz CT molecular complexity index is 737. The molecule has 32 heavy (non-hydrogen) atoms. The summed E-state index contributed by atoms with van der Waals surface area (Å²) in [5.74, 6) is 1.25. The van der Waals surface area contributed by atoms with Crippen molar-refractivity contribution in [1.82, 2.24) is 14.7 Å². The minimum Gasteiger partial charge on any atom is -0.376 e. The van der Waals surface area contributed by atoms with Gasteiger partial charge < -0.3 is 14.5 Å². The maximum atomic E-state index is 13.5. The van der Waals surface area contributed by atoms with E-state index in [9.17, 15) is 4.79 Å². The van der Waals surface area contributed by atoms with E-state index in [4.69, 9.17) is 4.74 Å². The molecule has 1 amide bonds. The second-order valence-corrected chi connectivity index (χ2v) is 10.8. The lowest BCUT2D eigenvalue weighted by atomic mass is 9.92. The molecule has 3 heterocycles. The van der Waals surface area contributed by atoms with Crippen LogP contribution in [0.25, 0.3) is 0 Å². The number of fused-ring (bicyclic) bond motifs is 1. The van der Waals surface area contributed by atoms with Gasteiger partial charge >= 0.3 is 0 Å². The van der Waals surface area contributed by atoms with Crippen LogP contribution in [0.3, 0.4) is 0 Å². The molecule has 4 aliphatic rings. The Labute approximate surface area is 194 Å². The number of likely N-dealkylation sites (tertiary alicyclic amines) is 2. The topological polar surface area (TPSA) is 36.0 Å². The summed E-state index contributed by atoms with van der Waals surface area (Å²) in [6.07, 6.45) is 9.38. The lowest BCUT2D eigenvalue weighted by molar-refractivity contribution is -0.139. The Morgan fingerprint density at radius 1 is 0.969 bits per heavy atom. The fourth-order valence-corrected chi connectivity index (χ4v) is 6.41. The maximum Gasteiger partial charge on any atom is 0.225 e. The summed E-state index contributed by atoms with van der Waals surface area (Å²) in [5, 5.41) is 0. The van der Waals surface area contributed by atoms with Gasteiger partial charge in [-0.3, -0.25) is 9.69 Å². The highest BCUT2D eigenvalue weighted by Crippen LogP contribution is 2.30. The van der Waals surface area contributed by atoms with Crippen molar-refractivity contribution in [3.63, 3.8) is 0 Å². The lowest BCUT2D eigenvalue weighted by Crippen LogP contribution is -2.48. The van der Waals surface area contributed by atoms with Crippen molar-refractivity contribution in [2.45, 2.75) is 63.5 Å². The van der Waals surface area contributed by atoms with E-state index in [0.717, 1.165) is 58.5 Å². The average Bonchev–Trinajstić information content (AvgIpc) is 3.49. The summed E-state index contributed by atoms with van der Waals surface area (Å²) < 4.78 is 5.93. The number of carbonyl (C=O) groups excluding carboxylic acids is 1.